The van der Waals surface area contributed by atoms with Gasteiger partial charge in [-0.3, -0.25) is 19.9 Å². The van der Waals surface area contributed by atoms with Gasteiger partial charge in [-0.05, 0) is 12.1 Å². The van der Waals surface area contributed by atoms with E-state index in [0.717, 1.165) is 0 Å². The second kappa shape index (κ2) is 3.56. The zero-order valence-electron chi connectivity index (χ0n) is 6.14. The van der Waals surface area contributed by atoms with E-state index in [4.69, 9.17) is 0 Å². The van der Waals surface area contributed by atoms with Crippen LogP contribution in [-0.2, 0) is 0 Å². The standard InChI is InChI=1S/C7H6N2O3/c10-7(5-9(11)12)6-2-1-3-8-4-6/h1-4H,5H2. The second-order valence-electron chi connectivity index (χ2n) is 2.16. The fourth-order valence-electron chi connectivity index (χ4n) is 0.736. The van der Waals surface area contributed by atoms with Crippen LogP contribution in [0.4, 0.5) is 0 Å². The molecule has 5 heteroatoms. The van der Waals surface area contributed by atoms with Crippen molar-refractivity contribution in [2.45, 2.75) is 0 Å². The van der Waals surface area contributed by atoms with Crippen LogP contribution in [0.3, 0.4) is 0 Å². The molecule has 62 valence electrons. The van der Waals surface area contributed by atoms with Crippen LogP contribution in [0.15, 0.2) is 24.5 Å². The monoisotopic (exact) mass is 166 g/mol. The van der Waals surface area contributed by atoms with Gasteiger partial charge in [0.15, 0.2) is 0 Å². The number of aromatic nitrogens is 1. The third kappa shape index (κ3) is 2.12. The molecule has 0 radical (unpaired) electrons. The molecule has 0 aromatic carbocycles. The molecule has 1 aromatic heterocycles. The molecular weight excluding hydrogens is 160 g/mol. The van der Waals surface area contributed by atoms with E-state index in [0.29, 0.717) is 0 Å². The van der Waals surface area contributed by atoms with Crippen molar-refractivity contribution in [1.82, 2.24) is 4.98 Å². The van der Waals surface area contributed by atoms with Crippen LogP contribution in [0, 0.1) is 10.1 Å². The average Bonchev–Trinajstić information content (AvgIpc) is 2.05. The minimum atomic E-state index is -0.675. The minimum Gasteiger partial charge on any atom is -0.287 e. The molecule has 12 heavy (non-hydrogen) atoms. The first-order chi connectivity index (χ1) is 5.70. The lowest BCUT2D eigenvalue weighted by molar-refractivity contribution is -0.465. The number of hydrogen-bond donors (Lipinski definition) is 0. The predicted molar refractivity (Wildman–Crippen MR) is 40.4 cm³/mol. The first-order valence-corrected chi connectivity index (χ1v) is 3.25. The highest BCUT2D eigenvalue weighted by Gasteiger charge is 2.11. The summed E-state index contributed by atoms with van der Waals surface area (Å²) < 4.78 is 0. The first-order valence-electron chi connectivity index (χ1n) is 3.25. The molecular formula is C7H6N2O3. The lowest BCUT2D eigenvalue weighted by Crippen LogP contribution is -2.13. The average molecular weight is 166 g/mol. The Morgan fingerprint density at radius 1 is 1.67 bits per heavy atom. The van der Waals surface area contributed by atoms with Gasteiger partial charge in [-0.15, -0.1) is 0 Å². The molecule has 0 spiro atoms. The number of ketones is 1. The summed E-state index contributed by atoms with van der Waals surface area (Å²) in [7, 11) is 0. The molecule has 1 heterocycles. The summed E-state index contributed by atoms with van der Waals surface area (Å²) in [6, 6.07) is 3.06. The molecule has 1 rings (SSSR count). The Bertz CT molecular complexity index is 297. The van der Waals surface area contributed by atoms with Crippen LogP contribution < -0.4 is 0 Å². The summed E-state index contributed by atoms with van der Waals surface area (Å²) in [6.45, 7) is -0.675. The Labute approximate surface area is 68.2 Å². The molecule has 0 fully saturated rings. The van der Waals surface area contributed by atoms with Gasteiger partial charge in [-0.25, -0.2) is 0 Å². The van der Waals surface area contributed by atoms with Crippen LogP contribution in [0.1, 0.15) is 10.4 Å². The number of carbonyl (C=O) groups is 1. The highest BCUT2D eigenvalue weighted by molar-refractivity contribution is 5.96. The second-order valence-corrected chi connectivity index (χ2v) is 2.16. The maximum atomic E-state index is 11.0. The molecule has 0 unspecified atom stereocenters. The van der Waals surface area contributed by atoms with Crippen molar-refractivity contribution in [3.05, 3.63) is 40.2 Å². The maximum absolute atomic E-state index is 11.0. The molecule has 0 amide bonds. The minimum absolute atomic E-state index is 0.272. The van der Waals surface area contributed by atoms with E-state index in [1.54, 1.807) is 6.07 Å². The summed E-state index contributed by atoms with van der Waals surface area (Å²) >= 11 is 0. The summed E-state index contributed by atoms with van der Waals surface area (Å²) in [5.41, 5.74) is 0.272. The molecule has 0 saturated carbocycles. The number of rotatable bonds is 3. The van der Waals surface area contributed by atoms with Gasteiger partial charge < -0.3 is 0 Å². The number of carbonyl (C=O) groups excluding carboxylic acids is 1. The van der Waals surface area contributed by atoms with E-state index in [-0.39, 0.29) is 5.56 Å². The molecule has 0 aliphatic carbocycles. The van der Waals surface area contributed by atoms with Gasteiger partial charge in [-0.1, -0.05) is 0 Å². The molecule has 0 N–H and O–H groups in total. The summed E-state index contributed by atoms with van der Waals surface area (Å²) in [5.74, 6) is -0.520. The number of Topliss-reactive ketones (excluding diaryl/α,β-unsaturated/α-hetero) is 1. The highest BCUT2D eigenvalue weighted by Crippen LogP contribution is 1.96. The number of pyridine rings is 1. The van der Waals surface area contributed by atoms with Gasteiger partial charge in [0, 0.05) is 22.9 Å². The van der Waals surface area contributed by atoms with Crippen molar-refractivity contribution in [2.24, 2.45) is 0 Å². The summed E-state index contributed by atoms with van der Waals surface area (Å²) in [5, 5.41) is 9.95. The Morgan fingerprint density at radius 3 is 2.92 bits per heavy atom. The van der Waals surface area contributed by atoms with Crippen LogP contribution >= 0.6 is 0 Å². The Balaban J connectivity index is 2.73. The van der Waals surface area contributed by atoms with Crippen molar-refractivity contribution in [3.8, 4) is 0 Å². The third-order valence-corrected chi connectivity index (χ3v) is 1.26. The van der Waals surface area contributed by atoms with Crippen LogP contribution in [0.2, 0.25) is 0 Å². The third-order valence-electron chi connectivity index (χ3n) is 1.26. The molecule has 1 aromatic rings. The SMILES string of the molecule is O=C(C[N+](=O)[O-])c1cccnc1. The molecule has 0 aliphatic rings. The molecule has 0 atom stereocenters. The summed E-state index contributed by atoms with van der Waals surface area (Å²) in [4.78, 5) is 23.9. The van der Waals surface area contributed by atoms with Crippen LogP contribution in [-0.4, -0.2) is 22.2 Å². The lowest BCUT2D eigenvalue weighted by atomic mass is 10.2. The van der Waals surface area contributed by atoms with Crippen molar-refractivity contribution in [2.75, 3.05) is 6.54 Å². The Hall–Kier alpha value is -1.78. The zero-order chi connectivity index (χ0) is 8.97. The molecule has 0 aliphatic heterocycles. The van der Waals surface area contributed by atoms with Gasteiger partial charge >= 0.3 is 0 Å². The maximum Gasteiger partial charge on any atom is 0.265 e. The van der Waals surface area contributed by atoms with Gasteiger partial charge in [-0.2, -0.15) is 0 Å². The van der Waals surface area contributed by atoms with Crippen molar-refractivity contribution < 1.29 is 9.72 Å². The normalized spacial score (nSPS) is 9.33. The van der Waals surface area contributed by atoms with Gasteiger partial charge in [0.25, 0.3) is 6.54 Å². The quantitative estimate of drug-likeness (QED) is 0.373. The first kappa shape index (κ1) is 8.32. The zero-order valence-corrected chi connectivity index (χ0v) is 6.14. The Kier molecular flexibility index (Phi) is 2.47. The largest absolute Gasteiger partial charge is 0.287 e. The Morgan fingerprint density at radius 2 is 2.42 bits per heavy atom. The van der Waals surface area contributed by atoms with Crippen molar-refractivity contribution in [3.63, 3.8) is 0 Å². The van der Waals surface area contributed by atoms with Crippen LogP contribution in [0.25, 0.3) is 0 Å². The molecule has 5 nitrogen and oxygen atoms in total. The van der Waals surface area contributed by atoms with Crippen LogP contribution in [0.5, 0.6) is 0 Å². The van der Waals surface area contributed by atoms with E-state index in [1.807, 2.05) is 0 Å². The van der Waals surface area contributed by atoms with E-state index < -0.39 is 17.3 Å². The van der Waals surface area contributed by atoms with Gasteiger partial charge in [0.1, 0.15) is 0 Å². The fourth-order valence-corrected chi connectivity index (χ4v) is 0.736. The summed E-state index contributed by atoms with van der Waals surface area (Å²) in [6.07, 6.45) is 2.81. The van der Waals surface area contributed by atoms with Gasteiger partial charge in [0.2, 0.25) is 5.78 Å². The smallest absolute Gasteiger partial charge is 0.265 e. The van der Waals surface area contributed by atoms with Gasteiger partial charge in [0.05, 0.1) is 0 Å². The number of hydrogen-bond acceptors (Lipinski definition) is 4. The molecule has 0 saturated heterocycles. The van der Waals surface area contributed by atoms with E-state index in [9.17, 15) is 14.9 Å². The molecule has 0 bridgehead atoms. The number of nitrogens with zero attached hydrogens (tertiary/aromatic N) is 2. The topological polar surface area (TPSA) is 73.1 Å². The van der Waals surface area contributed by atoms with E-state index in [1.165, 1.54) is 18.5 Å². The van der Waals surface area contributed by atoms with Crippen molar-refractivity contribution in [1.29, 1.82) is 0 Å². The van der Waals surface area contributed by atoms with Crippen molar-refractivity contribution >= 4 is 5.78 Å². The number of nitro groups is 1. The highest BCUT2D eigenvalue weighted by atomic mass is 16.6. The lowest BCUT2D eigenvalue weighted by Gasteiger charge is -1.93. The van der Waals surface area contributed by atoms with E-state index in [2.05, 4.69) is 4.98 Å². The predicted octanol–water partition coefficient (Wildman–Crippen LogP) is 0.541. The van der Waals surface area contributed by atoms with E-state index >= 15 is 0 Å². The fraction of sp³-hybridized carbons (Fsp3) is 0.143.